The van der Waals surface area contributed by atoms with E-state index in [0.717, 1.165) is 0 Å². The maximum atomic E-state index is 9.94. The molecule has 5 nitrogen and oxygen atoms in total. The van der Waals surface area contributed by atoms with E-state index in [0.29, 0.717) is 11.1 Å². The Morgan fingerprint density at radius 3 is 1.56 bits per heavy atom. The molecule has 0 atom stereocenters. The van der Waals surface area contributed by atoms with Crippen molar-refractivity contribution in [1.82, 2.24) is 0 Å². The summed E-state index contributed by atoms with van der Waals surface area (Å²) in [6.07, 6.45) is 1.43. The number of hydrogen-bond donors (Lipinski definition) is 0. The van der Waals surface area contributed by atoms with Crippen LogP contribution in [-0.4, -0.2) is 36.1 Å². The molecule has 0 spiro atoms. The summed E-state index contributed by atoms with van der Waals surface area (Å²) in [5.74, 6) is -0.199. The topological polar surface area (TPSA) is 54.0 Å². The lowest BCUT2D eigenvalue weighted by molar-refractivity contribution is -0.138. The summed E-state index contributed by atoms with van der Waals surface area (Å²) < 4.78 is 19.8. The second kappa shape index (κ2) is 6.80. The van der Waals surface area contributed by atoms with Gasteiger partial charge in [-0.3, -0.25) is 0 Å². The summed E-state index contributed by atoms with van der Waals surface area (Å²) in [7, 11) is 2.58. The van der Waals surface area contributed by atoms with Crippen LogP contribution in [-0.2, 0) is 22.8 Å². The van der Waals surface area contributed by atoms with Gasteiger partial charge in [-0.05, 0) is 6.92 Å². The van der Waals surface area contributed by atoms with E-state index < -0.39 is 8.80 Å². The highest BCUT2D eigenvalue weighted by molar-refractivity contribution is 6.62. The van der Waals surface area contributed by atoms with E-state index in [1.54, 1.807) is 28.3 Å². The van der Waals surface area contributed by atoms with Gasteiger partial charge >= 0.3 is 14.8 Å². The molecule has 0 saturated heterocycles. The fourth-order valence-electron chi connectivity index (χ4n) is 1.18. The zero-order valence-corrected chi connectivity index (χ0v) is 11.7. The maximum absolute atomic E-state index is 9.94. The molecule has 0 aromatic rings. The van der Waals surface area contributed by atoms with Gasteiger partial charge in [0.05, 0.1) is 5.57 Å². The predicted molar refractivity (Wildman–Crippen MR) is 61.7 cm³/mol. The third kappa shape index (κ3) is 3.71. The smallest absolute Gasteiger partial charge is 0.430 e. The van der Waals surface area contributed by atoms with Crippen LogP contribution in [0.25, 0.3) is 0 Å². The normalized spacial score (nSPS) is 14.7. The van der Waals surface area contributed by atoms with Gasteiger partial charge in [0.15, 0.2) is 0 Å². The Morgan fingerprint density at radius 1 is 1.19 bits per heavy atom. The van der Waals surface area contributed by atoms with E-state index in [2.05, 4.69) is 4.74 Å². The van der Waals surface area contributed by atoms with Gasteiger partial charge in [-0.15, -0.1) is 0 Å². The van der Waals surface area contributed by atoms with Gasteiger partial charge in [0, 0.05) is 26.9 Å². The highest BCUT2D eigenvalue weighted by Gasteiger charge is 2.41. The Bertz CT molecular complexity index is 250. The van der Waals surface area contributed by atoms with Crippen LogP contribution in [0.2, 0.25) is 5.54 Å². The van der Waals surface area contributed by atoms with Crippen molar-refractivity contribution in [3.63, 3.8) is 0 Å². The monoisotopic (exact) mass is 248 g/mol. The standard InChI is InChI=1S/C6H16O3Si.C4H4O2/c1-6(2)10(7-3,8-4)9-5;1-3-2-6-4(3)5/h6H,1-5H3;2H,1H3. The van der Waals surface area contributed by atoms with E-state index in [4.69, 9.17) is 13.3 Å². The van der Waals surface area contributed by atoms with Gasteiger partial charge in [-0.25, -0.2) is 4.79 Å². The first kappa shape index (κ1) is 15.3. The van der Waals surface area contributed by atoms with Crippen molar-refractivity contribution >= 4 is 14.8 Å². The molecule has 0 saturated carbocycles. The molecule has 1 heterocycles. The second-order valence-corrected chi connectivity index (χ2v) is 7.16. The van der Waals surface area contributed by atoms with Gasteiger partial charge < -0.3 is 18.0 Å². The molecule has 6 heteroatoms. The first-order valence-corrected chi connectivity index (χ1v) is 6.77. The van der Waals surface area contributed by atoms with Crippen LogP contribution in [0.4, 0.5) is 0 Å². The van der Waals surface area contributed by atoms with Crippen molar-refractivity contribution in [2.45, 2.75) is 26.3 Å². The molecule has 0 fully saturated rings. The molecule has 0 aromatic heterocycles. The molecule has 0 bridgehead atoms. The fraction of sp³-hybridized carbons (Fsp3) is 0.700. The van der Waals surface area contributed by atoms with E-state index in [-0.39, 0.29) is 5.97 Å². The van der Waals surface area contributed by atoms with Crippen LogP contribution >= 0.6 is 0 Å². The minimum absolute atomic E-state index is 0.199. The highest BCUT2D eigenvalue weighted by atomic mass is 28.4. The number of cyclic esters (lactones) is 1. The number of ether oxygens (including phenoxy) is 1. The molecule has 0 radical (unpaired) electrons. The third-order valence-corrected chi connectivity index (χ3v) is 5.35. The minimum Gasteiger partial charge on any atom is -0.430 e. The Labute approximate surface area is 97.7 Å². The van der Waals surface area contributed by atoms with Crippen molar-refractivity contribution in [2.24, 2.45) is 0 Å². The number of rotatable bonds is 4. The zero-order chi connectivity index (χ0) is 12.8. The highest BCUT2D eigenvalue weighted by Crippen LogP contribution is 2.21. The van der Waals surface area contributed by atoms with E-state index in [1.807, 2.05) is 13.8 Å². The SMILES string of the molecule is CC1=COC1=O.CO[Si](OC)(OC)C(C)C. The van der Waals surface area contributed by atoms with Gasteiger partial charge in [-0.1, -0.05) is 13.8 Å². The van der Waals surface area contributed by atoms with E-state index in [9.17, 15) is 4.79 Å². The third-order valence-electron chi connectivity index (χ3n) is 2.23. The molecule has 0 aromatic carbocycles. The van der Waals surface area contributed by atoms with Crippen molar-refractivity contribution in [1.29, 1.82) is 0 Å². The van der Waals surface area contributed by atoms with Crippen molar-refractivity contribution in [2.75, 3.05) is 21.3 Å². The molecular formula is C10H20O5Si. The van der Waals surface area contributed by atoms with Crippen molar-refractivity contribution < 1.29 is 22.8 Å². The Hall–Kier alpha value is -0.693. The van der Waals surface area contributed by atoms with Crippen molar-refractivity contribution in [3.8, 4) is 0 Å². The van der Waals surface area contributed by atoms with Crippen molar-refractivity contribution in [3.05, 3.63) is 11.8 Å². The lowest BCUT2D eigenvalue weighted by atomic mass is 10.3. The summed E-state index contributed by atoms with van der Waals surface area (Å²) in [5.41, 5.74) is 1.02. The minimum atomic E-state index is -2.29. The number of carbonyl (C=O) groups excluding carboxylic acids is 1. The molecule has 1 rings (SSSR count). The summed E-state index contributed by atoms with van der Waals surface area (Å²) in [6.45, 7) is 5.78. The molecular weight excluding hydrogens is 228 g/mol. The van der Waals surface area contributed by atoms with Gasteiger partial charge in [0.2, 0.25) is 0 Å². The first-order valence-electron chi connectivity index (χ1n) is 4.96. The zero-order valence-electron chi connectivity index (χ0n) is 10.7. The molecule has 0 aliphatic carbocycles. The fourth-order valence-corrected chi connectivity index (χ4v) is 3.10. The molecule has 16 heavy (non-hydrogen) atoms. The van der Waals surface area contributed by atoms with Crippen LogP contribution in [0.3, 0.4) is 0 Å². The summed E-state index contributed by atoms with van der Waals surface area (Å²) in [4.78, 5) is 9.94. The summed E-state index contributed by atoms with van der Waals surface area (Å²) >= 11 is 0. The quantitative estimate of drug-likeness (QED) is 0.560. The molecule has 94 valence electrons. The van der Waals surface area contributed by atoms with Crippen LogP contribution in [0.15, 0.2) is 11.8 Å². The van der Waals surface area contributed by atoms with E-state index >= 15 is 0 Å². The lowest BCUT2D eigenvalue weighted by Crippen LogP contribution is -2.45. The average Bonchev–Trinajstić information content (AvgIpc) is 2.30. The van der Waals surface area contributed by atoms with Crippen LogP contribution in [0.5, 0.6) is 0 Å². The molecule has 1 aliphatic rings. The maximum Gasteiger partial charge on any atom is 0.502 e. The summed E-state index contributed by atoms with van der Waals surface area (Å²) in [5, 5.41) is 0. The largest absolute Gasteiger partial charge is 0.502 e. The number of esters is 1. The number of carbonyl (C=O) groups is 1. The lowest BCUT2D eigenvalue weighted by Gasteiger charge is -2.27. The predicted octanol–water partition coefficient (Wildman–Crippen LogP) is 1.72. The average molecular weight is 248 g/mol. The molecule has 0 amide bonds. The summed E-state index contributed by atoms with van der Waals surface area (Å²) in [6, 6.07) is 0. The second-order valence-electron chi connectivity index (χ2n) is 3.58. The Kier molecular flexibility index (Phi) is 6.50. The molecule has 0 unspecified atom stereocenters. The van der Waals surface area contributed by atoms with E-state index in [1.165, 1.54) is 6.26 Å². The van der Waals surface area contributed by atoms with Gasteiger partial charge in [-0.2, -0.15) is 0 Å². The van der Waals surface area contributed by atoms with Gasteiger partial charge in [0.25, 0.3) is 0 Å². The van der Waals surface area contributed by atoms with Gasteiger partial charge in [0.1, 0.15) is 6.26 Å². The molecule has 0 N–H and O–H groups in total. The van der Waals surface area contributed by atoms with Crippen LogP contribution in [0, 0.1) is 0 Å². The van der Waals surface area contributed by atoms with Crippen LogP contribution < -0.4 is 0 Å². The first-order chi connectivity index (χ1) is 7.43. The molecule has 1 aliphatic heterocycles. The Balaban J connectivity index is 0.000000315. The Morgan fingerprint density at radius 2 is 1.56 bits per heavy atom. The number of hydrogen-bond acceptors (Lipinski definition) is 5. The van der Waals surface area contributed by atoms with Crippen LogP contribution in [0.1, 0.15) is 20.8 Å².